The molecule has 0 bridgehead atoms. The van der Waals surface area contributed by atoms with Gasteiger partial charge in [-0.1, -0.05) is 58.6 Å². The summed E-state index contributed by atoms with van der Waals surface area (Å²) in [6.07, 6.45) is 10.0. The number of allylic oxidation sites excluding steroid dienone is 1. The van der Waals surface area contributed by atoms with E-state index in [4.69, 9.17) is 0 Å². The van der Waals surface area contributed by atoms with Crippen LogP contribution in [0, 0.1) is 29.6 Å². The second-order valence-corrected chi connectivity index (χ2v) is 9.66. The van der Waals surface area contributed by atoms with E-state index in [0.29, 0.717) is 0 Å². The number of hydrogen-bond donors (Lipinski definition) is 3. The van der Waals surface area contributed by atoms with E-state index in [1.54, 1.807) is 11.9 Å². The van der Waals surface area contributed by atoms with E-state index in [0.717, 1.165) is 32.1 Å². The van der Waals surface area contributed by atoms with Crippen LogP contribution < -0.4 is 10.6 Å². The summed E-state index contributed by atoms with van der Waals surface area (Å²) < 4.78 is 0. The molecule has 1 saturated carbocycles. The van der Waals surface area contributed by atoms with Crippen molar-refractivity contribution in [2.45, 2.75) is 77.4 Å². The topological polar surface area (TPSA) is 98.7 Å². The third-order valence-corrected chi connectivity index (χ3v) is 7.82. The molecule has 0 aromatic heterocycles. The molecular formula is C24H39N3O4. The number of carbonyl (C=O) groups excluding carboxylic acids is 3. The van der Waals surface area contributed by atoms with Gasteiger partial charge in [0.1, 0.15) is 6.04 Å². The maximum absolute atomic E-state index is 13.8. The molecule has 174 valence electrons. The van der Waals surface area contributed by atoms with Crippen molar-refractivity contribution in [1.82, 2.24) is 15.5 Å². The molecule has 2 aliphatic carbocycles. The number of hydrogen-bond acceptors (Lipinski definition) is 4. The molecule has 0 aromatic rings. The number of rotatable bonds is 7. The number of nitrogens with zero attached hydrogens (tertiary/aromatic N) is 1. The maximum Gasteiger partial charge on any atom is 0.243 e. The van der Waals surface area contributed by atoms with Gasteiger partial charge in [0.05, 0.1) is 24.5 Å². The van der Waals surface area contributed by atoms with Gasteiger partial charge in [-0.25, -0.2) is 0 Å². The fourth-order valence-corrected chi connectivity index (χ4v) is 5.81. The van der Waals surface area contributed by atoms with E-state index in [9.17, 15) is 19.5 Å². The van der Waals surface area contributed by atoms with Gasteiger partial charge in [-0.2, -0.15) is 0 Å². The number of fused-ring (bicyclic) bond motifs is 1. The normalized spacial score (nSPS) is 33.0. The first-order valence-corrected chi connectivity index (χ1v) is 12.0. The molecule has 3 N–H and O–H groups in total. The van der Waals surface area contributed by atoms with Crippen LogP contribution in [0.4, 0.5) is 0 Å². The molecular weight excluding hydrogens is 394 g/mol. The van der Waals surface area contributed by atoms with Gasteiger partial charge >= 0.3 is 0 Å². The average Bonchev–Trinajstić information content (AvgIpc) is 3.06. The molecule has 1 saturated heterocycles. The van der Waals surface area contributed by atoms with Gasteiger partial charge in [0.15, 0.2) is 0 Å². The summed E-state index contributed by atoms with van der Waals surface area (Å²) in [6, 6.07) is -1.00. The van der Waals surface area contributed by atoms with Crippen molar-refractivity contribution >= 4 is 17.7 Å². The van der Waals surface area contributed by atoms with Gasteiger partial charge in [-0.3, -0.25) is 14.4 Å². The quantitative estimate of drug-likeness (QED) is 0.534. The van der Waals surface area contributed by atoms with Crippen LogP contribution in [0.1, 0.15) is 59.3 Å². The Kier molecular flexibility index (Phi) is 7.78. The molecule has 1 heterocycles. The van der Waals surface area contributed by atoms with E-state index in [-0.39, 0.29) is 48.1 Å². The lowest BCUT2D eigenvalue weighted by Gasteiger charge is -2.37. The number of likely N-dealkylation sites (tertiary alicyclic amines) is 1. The van der Waals surface area contributed by atoms with E-state index >= 15 is 0 Å². The Bertz CT molecular complexity index is 703. The molecule has 7 heteroatoms. The molecule has 7 atom stereocenters. The number of carbonyl (C=O) groups is 3. The Morgan fingerprint density at radius 1 is 1.19 bits per heavy atom. The summed E-state index contributed by atoms with van der Waals surface area (Å²) in [5, 5.41) is 16.1. The summed E-state index contributed by atoms with van der Waals surface area (Å²) >= 11 is 0. The van der Waals surface area contributed by atoms with E-state index < -0.39 is 23.9 Å². The van der Waals surface area contributed by atoms with E-state index in [1.165, 1.54) is 6.42 Å². The van der Waals surface area contributed by atoms with Crippen LogP contribution in [-0.2, 0) is 14.4 Å². The van der Waals surface area contributed by atoms with Crippen molar-refractivity contribution in [3.63, 3.8) is 0 Å². The lowest BCUT2D eigenvalue weighted by atomic mass is 9.70. The lowest BCUT2D eigenvalue weighted by molar-refractivity contribution is -0.144. The SMILES string of the molecule is CC[C@H](C)[C@H](CO)N1C(=O)[C@@H]2[C@H](C=C[C@@H](C)[C@H]2C(=O)NC)[C@H]1C(=O)NC1CCCCC1. The highest BCUT2D eigenvalue weighted by Crippen LogP contribution is 2.45. The monoisotopic (exact) mass is 433 g/mol. The van der Waals surface area contributed by atoms with Crippen LogP contribution in [-0.4, -0.2) is 59.5 Å². The maximum atomic E-state index is 13.8. The van der Waals surface area contributed by atoms with Gasteiger partial charge in [0, 0.05) is 19.0 Å². The van der Waals surface area contributed by atoms with Crippen molar-refractivity contribution < 1.29 is 19.5 Å². The predicted octanol–water partition coefficient (Wildman–Crippen LogP) is 1.85. The third kappa shape index (κ3) is 4.52. The first kappa shape index (κ1) is 23.8. The van der Waals surface area contributed by atoms with Gasteiger partial charge in [0.2, 0.25) is 17.7 Å². The van der Waals surface area contributed by atoms with Crippen LogP contribution in [0.15, 0.2) is 12.2 Å². The standard InChI is InChI=1S/C24H39N3O4/c1-5-14(2)18(13-28)27-21(23(30)26-16-9-7-6-8-10-16)17-12-11-15(3)19(22(29)25-4)20(17)24(27)31/h11-12,14-21,28H,5-10,13H2,1-4H3,(H,25,29)(H,26,30)/t14-,15+,17-,18-,19+,20+,21-/m0/s1. The first-order valence-electron chi connectivity index (χ1n) is 12.0. The summed E-state index contributed by atoms with van der Waals surface area (Å²) in [6.45, 7) is 5.77. The molecule has 3 rings (SSSR count). The molecule has 0 unspecified atom stereocenters. The van der Waals surface area contributed by atoms with Crippen LogP contribution in [0.25, 0.3) is 0 Å². The lowest BCUT2D eigenvalue weighted by Crippen LogP contribution is -2.55. The van der Waals surface area contributed by atoms with Crippen LogP contribution in [0.2, 0.25) is 0 Å². The van der Waals surface area contributed by atoms with Crippen LogP contribution >= 0.6 is 0 Å². The molecule has 7 nitrogen and oxygen atoms in total. The van der Waals surface area contributed by atoms with E-state index in [2.05, 4.69) is 10.6 Å². The third-order valence-electron chi connectivity index (χ3n) is 7.82. The van der Waals surface area contributed by atoms with Gasteiger partial charge in [-0.15, -0.1) is 0 Å². The van der Waals surface area contributed by atoms with Crippen molar-refractivity contribution in [2.24, 2.45) is 29.6 Å². The van der Waals surface area contributed by atoms with Crippen LogP contribution in [0.3, 0.4) is 0 Å². The smallest absolute Gasteiger partial charge is 0.243 e. The molecule has 0 spiro atoms. The Morgan fingerprint density at radius 2 is 1.87 bits per heavy atom. The van der Waals surface area contributed by atoms with Crippen molar-refractivity contribution in [3.8, 4) is 0 Å². The van der Waals surface area contributed by atoms with Gasteiger partial charge in [0.25, 0.3) is 0 Å². The molecule has 31 heavy (non-hydrogen) atoms. The van der Waals surface area contributed by atoms with E-state index in [1.807, 2.05) is 32.9 Å². The van der Waals surface area contributed by atoms with Crippen molar-refractivity contribution in [1.29, 1.82) is 0 Å². The zero-order valence-corrected chi connectivity index (χ0v) is 19.3. The largest absolute Gasteiger partial charge is 0.394 e. The summed E-state index contributed by atoms with van der Waals surface area (Å²) in [5.41, 5.74) is 0. The number of aliphatic hydroxyl groups excluding tert-OH is 1. The van der Waals surface area contributed by atoms with Crippen LogP contribution in [0.5, 0.6) is 0 Å². The highest BCUT2D eigenvalue weighted by atomic mass is 16.3. The molecule has 3 aliphatic rings. The van der Waals surface area contributed by atoms with Crippen molar-refractivity contribution in [3.05, 3.63) is 12.2 Å². The minimum Gasteiger partial charge on any atom is -0.394 e. The number of aliphatic hydroxyl groups is 1. The fourth-order valence-electron chi connectivity index (χ4n) is 5.81. The molecule has 0 aromatic carbocycles. The zero-order chi connectivity index (χ0) is 22.7. The first-order chi connectivity index (χ1) is 14.8. The second kappa shape index (κ2) is 10.2. The summed E-state index contributed by atoms with van der Waals surface area (Å²) in [5.74, 6) is -2.02. The fraction of sp³-hybridized carbons (Fsp3) is 0.792. The van der Waals surface area contributed by atoms with Gasteiger partial charge in [-0.05, 0) is 24.7 Å². The van der Waals surface area contributed by atoms with Crippen molar-refractivity contribution in [2.75, 3.05) is 13.7 Å². The highest BCUT2D eigenvalue weighted by molar-refractivity contribution is 5.97. The summed E-state index contributed by atoms with van der Waals surface area (Å²) in [4.78, 5) is 41.7. The Hall–Kier alpha value is -1.89. The molecule has 1 aliphatic heterocycles. The molecule has 0 radical (unpaired) electrons. The molecule has 3 amide bonds. The number of nitrogens with one attached hydrogen (secondary N) is 2. The Balaban J connectivity index is 1.98. The zero-order valence-electron chi connectivity index (χ0n) is 19.3. The highest BCUT2D eigenvalue weighted by Gasteiger charge is 2.58. The number of amides is 3. The Labute approximate surface area is 186 Å². The minimum absolute atomic E-state index is 0.0407. The molecule has 2 fully saturated rings. The minimum atomic E-state index is -0.693. The summed E-state index contributed by atoms with van der Waals surface area (Å²) in [7, 11) is 1.59. The Morgan fingerprint density at radius 3 is 2.45 bits per heavy atom. The van der Waals surface area contributed by atoms with Gasteiger partial charge < -0.3 is 20.6 Å². The predicted molar refractivity (Wildman–Crippen MR) is 119 cm³/mol. The average molecular weight is 434 g/mol. The second-order valence-electron chi connectivity index (χ2n) is 9.66.